The summed E-state index contributed by atoms with van der Waals surface area (Å²) in [4.78, 5) is 9.63. The molecule has 0 atom stereocenters. The van der Waals surface area contributed by atoms with Crippen LogP contribution in [-0.2, 0) is 0 Å². The Morgan fingerprint density at radius 1 is 0.611 bits per heavy atom. The van der Waals surface area contributed by atoms with Crippen LogP contribution in [0.4, 0.5) is 0 Å². The van der Waals surface area contributed by atoms with Gasteiger partial charge in [-0.3, -0.25) is 4.98 Å². The molecule has 1 N–H and O–H groups in total. The van der Waals surface area contributed by atoms with Crippen molar-refractivity contribution in [2.24, 2.45) is 0 Å². The Balaban J connectivity index is 1.49. The molecule has 0 fully saturated rings. The first-order valence-electron chi connectivity index (χ1n) is 11.8. The molecule has 36 heavy (non-hydrogen) atoms. The van der Waals surface area contributed by atoms with Crippen molar-refractivity contribution < 1.29 is 9.52 Å². The summed E-state index contributed by atoms with van der Waals surface area (Å²) in [5, 5.41) is 14.9. The third-order valence-corrected chi connectivity index (χ3v) is 6.66. The highest BCUT2D eigenvalue weighted by Gasteiger charge is 2.17. The Morgan fingerprint density at radius 2 is 1.36 bits per heavy atom. The number of pyridine rings is 1. The average molecular weight is 465 g/mol. The number of oxazole rings is 1. The van der Waals surface area contributed by atoms with E-state index in [0.717, 1.165) is 49.4 Å². The van der Waals surface area contributed by atoms with Gasteiger partial charge in [-0.25, -0.2) is 4.98 Å². The van der Waals surface area contributed by atoms with Crippen molar-refractivity contribution in [1.82, 2.24) is 9.97 Å². The summed E-state index contributed by atoms with van der Waals surface area (Å²) in [6.45, 7) is 0. The summed E-state index contributed by atoms with van der Waals surface area (Å²) in [7, 11) is 0. The zero-order chi connectivity index (χ0) is 24.1. The number of fused-ring (bicyclic) bond motifs is 3. The lowest BCUT2D eigenvalue weighted by molar-refractivity contribution is 0.474. The number of benzene rings is 5. The lowest BCUT2D eigenvalue weighted by Crippen LogP contribution is -1.90. The first-order chi connectivity index (χ1) is 17.8. The van der Waals surface area contributed by atoms with Crippen molar-refractivity contribution in [2.45, 2.75) is 0 Å². The molecular formula is C32H20N2O2. The molecule has 0 spiro atoms. The second kappa shape index (κ2) is 8.07. The highest BCUT2D eigenvalue weighted by Crippen LogP contribution is 2.39. The SMILES string of the molecule is Oc1ccccc1-c1nc2c(-c3cc(-c4nccc5ccccc45)c4ccccc4c3)cccc2o1. The lowest BCUT2D eigenvalue weighted by Gasteiger charge is -2.12. The van der Waals surface area contributed by atoms with E-state index in [-0.39, 0.29) is 5.75 Å². The molecule has 170 valence electrons. The van der Waals surface area contributed by atoms with Gasteiger partial charge in [0.25, 0.3) is 0 Å². The molecule has 0 saturated heterocycles. The average Bonchev–Trinajstić information content (AvgIpc) is 3.37. The van der Waals surface area contributed by atoms with Crippen molar-refractivity contribution in [3.63, 3.8) is 0 Å². The van der Waals surface area contributed by atoms with E-state index < -0.39 is 0 Å². The number of hydrogen-bond acceptors (Lipinski definition) is 4. The Morgan fingerprint density at radius 3 is 2.25 bits per heavy atom. The Kier molecular flexibility index (Phi) is 4.57. The van der Waals surface area contributed by atoms with E-state index in [9.17, 15) is 5.11 Å². The van der Waals surface area contributed by atoms with Crippen LogP contribution >= 0.6 is 0 Å². The third-order valence-electron chi connectivity index (χ3n) is 6.66. The van der Waals surface area contributed by atoms with Gasteiger partial charge in [-0.15, -0.1) is 0 Å². The summed E-state index contributed by atoms with van der Waals surface area (Å²) in [5.41, 5.74) is 6.01. The van der Waals surface area contributed by atoms with Gasteiger partial charge >= 0.3 is 0 Å². The van der Waals surface area contributed by atoms with Gasteiger partial charge in [-0.05, 0) is 58.1 Å². The van der Waals surface area contributed by atoms with Crippen molar-refractivity contribution in [1.29, 1.82) is 0 Å². The molecule has 0 aliphatic heterocycles. The van der Waals surface area contributed by atoms with Gasteiger partial charge < -0.3 is 9.52 Å². The predicted molar refractivity (Wildman–Crippen MR) is 145 cm³/mol. The number of hydrogen-bond donors (Lipinski definition) is 1. The summed E-state index contributed by atoms with van der Waals surface area (Å²) >= 11 is 0. The summed E-state index contributed by atoms with van der Waals surface area (Å²) < 4.78 is 6.07. The number of phenolic OH excluding ortho intramolecular Hbond substituents is 1. The molecule has 7 aromatic rings. The number of para-hydroxylation sites is 2. The van der Waals surface area contributed by atoms with E-state index in [2.05, 4.69) is 60.7 Å². The van der Waals surface area contributed by atoms with Crippen LogP contribution in [0.1, 0.15) is 0 Å². The van der Waals surface area contributed by atoms with Gasteiger partial charge in [0.2, 0.25) is 5.89 Å². The van der Waals surface area contributed by atoms with Crippen molar-refractivity contribution in [3.8, 4) is 39.6 Å². The van der Waals surface area contributed by atoms with Crippen molar-refractivity contribution in [3.05, 3.63) is 115 Å². The van der Waals surface area contributed by atoms with Gasteiger partial charge in [-0.1, -0.05) is 72.8 Å². The van der Waals surface area contributed by atoms with E-state index in [0.29, 0.717) is 17.0 Å². The first kappa shape index (κ1) is 20.4. The molecule has 0 amide bonds. The maximum absolute atomic E-state index is 10.3. The smallest absolute Gasteiger partial charge is 0.231 e. The van der Waals surface area contributed by atoms with Crippen LogP contribution in [0.5, 0.6) is 5.75 Å². The predicted octanol–water partition coefficient (Wildman–Crippen LogP) is 8.24. The lowest BCUT2D eigenvalue weighted by atomic mass is 9.93. The van der Waals surface area contributed by atoms with Crippen LogP contribution in [0, 0.1) is 0 Å². The summed E-state index contributed by atoms with van der Waals surface area (Å²) in [6, 6.07) is 36.2. The summed E-state index contributed by atoms with van der Waals surface area (Å²) in [6.07, 6.45) is 1.87. The Bertz CT molecular complexity index is 1910. The van der Waals surface area contributed by atoms with Crippen molar-refractivity contribution >= 4 is 32.6 Å². The maximum Gasteiger partial charge on any atom is 0.231 e. The Labute approximate surface area is 207 Å². The molecule has 0 bridgehead atoms. The van der Waals surface area contributed by atoms with E-state index in [1.165, 1.54) is 0 Å². The van der Waals surface area contributed by atoms with Crippen LogP contribution in [-0.4, -0.2) is 15.1 Å². The van der Waals surface area contributed by atoms with E-state index in [1.807, 2.05) is 36.5 Å². The largest absolute Gasteiger partial charge is 0.507 e. The number of aromatic hydroxyl groups is 1. The van der Waals surface area contributed by atoms with Gasteiger partial charge in [0.05, 0.1) is 11.3 Å². The fraction of sp³-hybridized carbons (Fsp3) is 0. The quantitative estimate of drug-likeness (QED) is 0.286. The summed E-state index contributed by atoms with van der Waals surface area (Å²) in [5.74, 6) is 0.535. The second-order valence-electron chi connectivity index (χ2n) is 8.81. The van der Waals surface area contributed by atoms with Crippen molar-refractivity contribution in [2.75, 3.05) is 0 Å². The zero-order valence-electron chi connectivity index (χ0n) is 19.2. The first-order valence-corrected chi connectivity index (χ1v) is 11.8. The molecule has 4 nitrogen and oxygen atoms in total. The van der Waals surface area contributed by atoms with E-state index >= 15 is 0 Å². The van der Waals surface area contributed by atoms with Crippen LogP contribution in [0.15, 0.2) is 120 Å². The molecule has 0 radical (unpaired) electrons. The molecule has 0 saturated carbocycles. The van der Waals surface area contributed by atoms with Crippen LogP contribution in [0.25, 0.3) is 66.5 Å². The molecule has 2 heterocycles. The highest BCUT2D eigenvalue weighted by molar-refractivity contribution is 6.07. The number of phenols is 1. The van der Waals surface area contributed by atoms with E-state index in [1.54, 1.807) is 18.2 Å². The number of rotatable bonds is 3. The molecule has 5 aromatic carbocycles. The molecular weight excluding hydrogens is 444 g/mol. The van der Waals surface area contributed by atoms with Gasteiger partial charge in [0.1, 0.15) is 11.3 Å². The fourth-order valence-corrected chi connectivity index (χ4v) is 4.95. The normalized spacial score (nSPS) is 11.4. The number of nitrogens with zero attached hydrogens (tertiary/aromatic N) is 2. The minimum atomic E-state index is 0.139. The monoisotopic (exact) mass is 464 g/mol. The molecule has 0 aliphatic rings. The molecule has 0 unspecified atom stereocenters. The third kappa shape index (κ3) is 3.23. The topological polar surface area (TPSA) is 59.2 Å². The fourth-order valence-electron chi connectivity index (χ4n) is 4.95. The number of aromatic nitrogens is 2. The Hall–Kier alpha value is -4.96. The minimum Gasteiger partial charge on any atom is -0.507 e. The second-order valence-corrected chi connectivity index (χ2v) is 8.81. The van der Waals surface area contributed by atoms with Gasteiger partial charge in [0.15, 0.2) is 5.58 Å². The van der Waals surface area contributed by atoms with Gasteiger partial charge in [-0.2, -0.15) is 0 Å². The van der Waals surface area contributed by atoms with E-state index in [4.69, 9.17) is 14.4 Å². The molecule has 2 aromatic heterocycles. The van der Waals surface area contributed by atoms with Crippen LogP contribution in [0.3, 0.4) is 0 Å². The molecule has 7 rings (SSSR count). The highest BCUT2D eigenvalue weighted by atomic mass is 16.3. The molecule has 4 heteroatoms. The minimum absolute atomic E-state index is 0.139. The standard InChI is InChI=1S/C32H20N2O2/c35-28-14-6-5-12-26(28)32-34-31-25(13-7-15-29(31)36-32)22-18-21-9-2-3-10-23(21)27(19-22)30-24-11-4-1-8-20(24)16-17-33-30/h1-19,35H. The van der Waals surface area contributed by atoms with Crippen LogP contribution < -0.4 is 0 Å². The molecule has 0 aliphatic carbocycles. The van der Waals surface area contributed by atoms with Gasteiger partial charge in [0, 0.05) is 22.7 Å². The maximum atomic E-state index is 10.3. The zero-order valence-corrected chi connectivity index (χ0v) is 19.2. The van der Waals surface area contributed by atoms with Crippen LogP contribution in [0.2, 0.25) is 0 Å².